The number of rotatable bonds is 3. The average molecular weight is 226 g/mol. The molecule has 0 aliphatic carbocycles. The highest BCUT2D eigenvalue weighted by molar-refractivity contribution is 5.98. The fourth-order valence-electron chi connectivity index (χ4n) is 2.14. The fourth-order valence-corrected chi connectivity index (χ4v) is 2.14. The minimum absolute atomic E-state index is 0.0783. The average Bonchev–Trinajstić information content (AvgIpc) is 2.15. The molecule has 1 aliphatic rings. The molecule has 92 valence electrons. The normalized spacial score (nSPS) is 22.8. The van der Waals surface area contributed by atoms with Gasteiger partial charge in [0.25, 0.3) is 0 Å². The first-order valence-electron chi connectivity index (χ1n) is 5.89. The molecule has 1 fully saturated rings. The lowest BCUT2D eigenvalue weighted by molar-refractivity contribution is -0.158. The number of hydrogen-bond donors (Lipinski definition) is 1. The molecule has 1 heterocycles. The van der Waals surface area contributed by atoms with E-state index >= 15 is 0 Å². The van der Waals surface area contributed by atoms with Crippen LogP contribution in [-0.4, -0.2) is 28.8 Å². The van der Waals surface area contributed by atoms with Crippen LogP contribution in [-0.2, 0) is 9.59 Å². The van der Waals surface area contributed by atoms with Crippen LogP contribution in [0.25, 0.3) is 0 Å². The van der Waals surface area contributed by atoms with Crippen molar-refractivity contribution in [3.63, 3.8) is 0 Å². The van der Waals surface area contributed by atoms with E-state index in [4.69, 9.17) is 5.73 Å². The van der Waals surface area contributed by atoms with Crippen LogP contribution in [0.3, 0.4) is 0 Å². The van der Waals surface area contributed by atoms with E-state index in [2.05, 4.69) is 0 Å². The molecule has 1 atom stereocenters. The van der Waals surface area contributed by atoms with E-state index in [-0.39, 0.29) is 23.7 Å². The van der Waals surface area contributed by atoms with Crippen molar-refractivity contribution < 1.29 is 9.59 Å². The predicted octanol–water partition coefficient (Wildman–Crippen LogP) is 1.14. The Morgan fingerprint density at radius 3 is 2.12 bits per heavy atom. The quantitative estimate of drug-likeness (QED) is 0.734. The van der Waals surface area contributed by atoms with Crippen LogP contribution in [0.1, 0.15) is 40.5 Å². The summed E-state index contributed by atoms with van der Waals surface area (Å²) in [5.41, 5.74) is 5.20. The van der Waals surface area contributed by atoms with E-state index in [9.17, 15) is 9.59 Å². The molecular formula is C12H22N2O2. The first-order chi connectivity index (χ1) is 7.32. The number of imide groups is 1. The number of carbonyl (C=O) groups is 2. The number of amides is 2. The van der Waals surface area contributed by atoms with Gasteiger partial charge in [0, 0.05) is 19.4 Å². The van der Waals surface area contributed by atoms with Crippen molar-refractivity contribution in [1.82, 2.24) is 4.90 Å². The van der Waals surface area contributed by atoms with Gasteiger partial charge in [-0.3, -0.25) is 14.5 Å². The van der Waals surface area contributed by atoms with Gasteiger partial charge in [-0.05, 0) is 18.8 Å². The number of nitrogens with two attached hydrogens (primary N) is 1. The molecule has 0 saturated carbocycles. The maximum Gasteiger partial charge on any atom is 0.230 e. The van der Waals surface area contributed by atoms with Crippen molar-refractivity contribution in [2.24, 2.45) is 17.6 Å². The molecule has 0 aromatic rings. The summed E-state index contributed by atoms with van der Waals surface area (Å²) in [6, 6.07) is 0. The minimum atomic E-state index is -0.547. The summed E-state index contributed by atoms with van der Waals surface area (Å²) in [5.74, 6) is 0.167. The molecule has 4 heteroatoms. The summed E-state index contributed by atoms with van der Waals surface area (Å²) in [5, 5.41) is 0. The zero-order chi connectivity index (χ0) is 12.5. The zero-order valence-electron chi connectivity index (χ0n) is 10.6. The van der Waals surface area contributed by atoms with Crippen LogP contribution >= 0.6 is 0 Å². The minimum Gasteiger partial charge on any atom is -0.328 e. The number of likely N-dealkylation sites (tertiary alicyclic amines) is 1. The van der Waals surface area contributed by atoms with Gasteiger partial charge in [-0.2, -0.15) is 0 Å². The molecule has 0 bridgehead atoms. The molecule has 2 N–H and O–H groups in total. The molecule has 1 rings (SSSR count). The monoisotopic (exact) mass is 226 g/mol. The Morgan fingerprint density at radius 2 is 1.81 bits per heavy atom. The van der Waals surface area contributed by atoms with Crippen molar-refractivity contribution >= 4 is 11.8 Å². The Bertz CT molecular complexity index is 283. The van der Waals surface area contributed by atoms with Crippen molar-refractivity contribution in [3.05, 3.63) is 0 Å². The molecule has 4 nitrogen and oxygen atoms in total. The molecule has 0 spiro atoms. The molecule has 2 amide bonds. The summed E-state index contributed by atoms with van der Waals surface area (Å²) >= 11 is 0. The van der Waals surface area contributed by atoms with Gasteiger partial charge in [0.1, 0.15) is 0 Å². The highest BCUT2D eigenvalue weighted by atomic mass is 16.2. The number of hydrogen-bond acceptors (Lipinski definition) is 3. The Morgan fingerprint density at radius 1 is 1.38 bits per heavy atom. The maximum absolute atomic E-state index is 12.0. The molecule has 1 aliphatic heterocycles. The molecule has 0 aromatic heterocycles. The Kier molecular flexibility index (Phi) is 3.73. The second-order valence-electron chi connectivity index (χ2n) is 5.35. The van der Waals surface area contributed by atoms with Crippen LogP contribution < -0.4 is 5.73 Å². The molecular weight excluding hydrogens is 204 g/mol. The lowest BCUT2D eigenvalue weighted by Crippen LogP contribution is -2.61. The lowest BCUT2D eigenvalue weighted by atomic mass is 9.83. The Hall–Kier alpha value is -0.900. The lowest BCUT2D eigenvalue weighted by Gasteiger charge is -2.45. The summed E-state index contributed by atoms with van der Waals surface area (Å²) in [6.45, 7) is 8.12. The second-order valence-corrected chi connectivity index (χ2v) is 5.35. The van der Waals surface area contributed by atoms with Crippen LogP contribution in [0.15, 0.2) is 0 Å². The summed E-state index contributed by atoms with van der Waals surface area (Å²) in [6.07, 6.45) is 0.905. The van der Waals surface area contributed by atoms with Crippen LogP contribution in [0.4, 0.5) is 0 Å². The summed E-state index contributed by atoms with van der Waals surface area (Å²) < 4.78 is 0. The standard InChI is InChI=1S/C12H22N2O2/c1-8(2)12(4,7-13)14-10(15)5-9(3)6-11(14)16/h8-9H,5-7,13H2,1-4H3. The van der Waals surface area contributed by atoms with E-state index in [1.54, 1.807) is 0 Å². The van der Waals surface area contributed by atoms with Gasteiger partial charge in [-0.25, -0.2) is 0 Å². The van der Waals surface area contributed by atoms with Gasteiger partial charge in [-0.1, -0.05) is 20.8 Å². The number of nitrogens with zero attached hydrogens (tertiary/aromatic N) is 1. The Balaban J connectivity index is 3.01. The van der Waals surface area contributed by atoms with Gasteiger partial charge in [-0.15, -0.1) is 0 Å². The van der Waals surface area contributed by atoms with Crippen LogP contribution in [0.5, 0.6) is 0 Å². The largest absolute Gasteiger partial charge is 0.328 e. The highest BCUT2D eigenvalue weighted by Gasteiger charge is 2.43. The van der Waals surface area contributed by atoms with E-state index in [1.165, 1.54) is 4.90 Å². The number of carbonyl (C=O) groups excluding carboxylic acids is 2. The number of piperidine rings is 1. The van der Waals surface area contributed by atoms with Gasteiger partial charge in [0.2, 0.25) is 11.8 Å². The molecule has 1 unspecified atom stereocenters. The van der Waals surface area contributed by atoms with Crippen LogP contribution in [0.2, 0.25) is 0 Å². The van der Waals surface area contributed by atoms with E-state index in [1.807, 2.05) is 27.7 Å². The van der Waals surface area contributed by atoms with Crippen molar-refractivity contribution in [1.29, 1.82) is 0 Å². The van der Waals surface area contributed by atoms with Gasteiger partial charge in [0.15, 0.2) is 0 Å². The van der Waals surface area contributed by atoms with Gasteiger partial charge >= 0.3 is 0 Å². The zero-order valence-corrected chi connectivity index (χ0v) is 10.6. The molecule has 0 aromatic carbocycles. The maximum atomic E-state index is 12.0. The third-order valence-corrected chi connectivity index (χ3v) is 3.71. The third-order valence-electron chi connectivity index (χ3n) is 3.71. The summed E-state index contributed by atoms with van der Waals surface area (Å²) in [4.78, 5) is 25.3. The fraction of sp³-hybridized carbons (Fsp3) is 0.833. The van der Waals surface area contributed by atoms with E-state index in [0.29, 0.717) is 19.4 Å². The van der Waals surface area contributed by atoms with Crippen molar-refractivity contribution in [2.75, 3.05) is 6.54 Å². The first-order valence-corrected chi connectivity index (χ1v) is 5.89. The van der Waals surface area contributed by atoms with Crippen LogP contribution in [0, 0.1) is 11.8 Å². The van der Waals surface area contributed by atoms with Crippen molar-refractivity contribution in [3.8, 4) is 0 Å². The van der Waals surface area contributed by atoms with Crippen molar-refractivity contribution in [2.45, 2.75) is 46.1 Å². The molecule has 16 heavy (non-hydrogen) atoms. The predicted molar refractivity (Wildman–Crippen MR) is 62.5 cm³/mol. The smallest absolute Gasteiger partial charge is 0.230 e. The topological polar surface area (TPSA) is 63.4 Å². The SMILES string of the molecule is CC1CC(=O)N(C(C)(CN)C(C)C)C(=O)C1. The summed E-state index contributed by atoms with van der Waals surface area (Å²) in [7, 11) is 0. The molecule has 0 radical (unpaired) electrons. The third kappa shape index (κ3) is 2.12. The second kappa shape index (κ2) is 4.53. The first kappa shape index (κ1) is 13.2. The molecule has 1 saturated heterocycles. The van der Waals surface area contributed by atoms with Gasteiger partial charge < -0.3 is 5.73 Å². The van der Waals surface area contributed by atoms with Gasteiger partial charge in [0.05, 0.1) is 5.54 Å². The van der Waals surface area contributed by atoms with E-state index < -0.39 is 5.54 Å². The highest BCUT2D eigenvalue weighted by Crippen LogP contribution is 2.30. The van der Waals surface area contributed by atoms with E-state index in [0.717, 1.165) is 0 Å². The Labute approximate surface area is 97.2 Å².